The smallest absolute Gasteiger partial charge is 0.119 e. The van der Waals surface area contributed by atoms with Crippen molar-refractivity contribution in [1.82, 2.24) is 0 Å². The van der Waals surface area contributed by atoms with Crippen LogP contribution in [0.4, 0.5) is 0 Å². The lowest BCUT2D eigenvalue weighted by Gasteiger charge is -2.26. The SMILES string of the molecule is CCc1c(COc2ccc(I)cc2)c(CC)c(COc2ccc(I)cc2)c(CC)c1COc1ccc(I)cc1.Cc1cccc(C)c1. The van der Waals surface area contributed by atoms with Crippen LogP contribution in [-0.4, -0.2) is 0 Å². The molecule has 3 nitrogen and oxygen atoms in total. The van der Waals surface area contributed by atoms with Gasteiger partial charge in [0.25, 0.3) is 0 Å². The van der Waals surface area contributed by atoms with Crippen LogP contribution in [0.25, 0.3) is 0 Å². The molecule has 0 aliphatic heterocycles. The average Bonchev–Trinajstić information content (AvgIpc) is 3.07. The van der Waals surface area contributed by atoms with Crippen molar-refractivity contribution in [3.05, 3.63) is 152 Å². The second-order valence-electron chi connectivity index (χ2n) is 11.3. The van der Waals surface area contributed by atoms with Gasteiger partial charge in [-0.05, 0) is 207 Å². The summed E-state index contributed by atoms with van der Waals surface area (Å²) in [6.07, 6.45) is 2.74. The van der Waals surface area contributed by atoms with Crippen molar-refractivity contribution in [2.24, 2.45) is 0 Å². The summed E-state index contributed by atoms with van der Waals surface area (Å²) in [6.45, 7) is 12.5. The number of ether oxygens (including phenoxy) is 3. The molecule has 0 heterocycles. The van der Waals surface area contributed by atoms with E-state index >= 15 is 0 Å². The first-order chi connectivity index (χ1) is 22.7. The number of aryl methyl sites for hydroxylation is 2. The molecule has 5 aromatic carbocycles. The minimum Gasteiger partial charge on any atom is -0.489 e. The number of hydrogen-bond donors (Lipinski definition) is 0. The average molecular weight is 965 g/mol. The van der Waals surface area contributed by atoms with E-state index in [1.54, 1.807) is 0 Å². The highest BCUT2D eigenvalue weighted by atomic mass is 127. The molecule has 0 radical (unpaired) electrons. The van der Waals surface area contributed by atoms with Crippen LogP contribution >= 0.6 is 67.8 Å². The maximum atomic E-state index is 6.38. The number of rotatable bonds is 12. The molecule has 0 atom stereocenters. The maximum absolute atomic E-state index is 6.38. The first-order valence-electron chi connectivity index (χ1n) is 16.1. The molecule has 0 spiro atoms. The standard InChI is InChI=1S/C33H33I3O3.C8H10/c1-4-28-31(19-37-25-13-7-22(34)8-14-25)29(5-2)33(21-39-27-17-11-24(36)12-18-27)30(6-3)32(28)20-38-26-15-9-23(35)10-16-26;1-7-4-3-5-8(2)6-7/h7-18H,4-6,19-21H2,1-3H3;3-6H,1-2H3. The van der Waals surface area contributed by atoms with Gasteiger partial charge in [0.15, 0.2) is 0 Å². The fraction of sp³-hybridized carbons (Fsp3) is 0.268. The molecule has 0 aliphatic rings. The zero-order chi connectivity index (χ0) is 33.8. The molecule has 0 unspecified atom stereocenters. The summed E-state index contributed by atoms with van der Waals surface area (Å²) in [7, 11) is 0. The molecule has 6 heteroatoms. The third kappa shape index (κ3) is 11.1. The predicted octanol–water partition coefficient (Wildman–Crippen LogP) is 12.2. The summed E-state index contributed by atoms with van der Waals surface area (Å²) in [6, 6.07) is 33.2. The molecule has 0 N–H and O–H groups in total. The largest absolute Gasteiger partial charge is 0.489 e. The third-order valence-corrected chi connectivity index (χ3v) is 10.2. The van der Waals surface area contributed by atoms with Crippen molar-refractivity contribution in [1.29, 1.82) is 0 Å². The Kier molecular flexibility index (Phi) is 15.2. The Bertz CT molecular complexity index is 1510. The van der Waals surface area contributed by atoms with E-state index in [-0.39, 0.29) is 0 Å². The molecule has 5 rings (SSSR count). The highest BCUT2D eigenvalue weighted by Gasteiger charge is 2.23. The van der Waals surface area contributed by atoms with E-state index in [0.717, 1.165) is 36.5 Å². The van der Waals surface area contributed by atoms with Gasteiger partial charge in [0.05, 0.1) is 0 Å². The zero-order valence-corrected chi connectivity index (χ0v) is 34.3. The van der Waals surface area contributed by atoms with Gasteiger partial charge >= 0.3 is 0 Å². The molecule has 0 amide bonds. The molecular weight excluding hydrogens is 921 g/mol. The van der Waals surface area contributed by atoms with Crippen LogP contribution in [-0.2, 0) is 39.1 Å². The topological polar surface area (TPSA) is 27.7 Å². The third-order valence-electron chi connectivity index (χ3n) is 8.01. The number of hydrogen-bond acceptors (Lipinski definition) is 3. The minimum absolute atomic E-state index is 0.518. The lowest BCUT2D eigenvalue weighted by Crippen LogP contribution is -2.17. The predicted molar refractivity (Wildman–Crippen MR) is 221 cm³/mol. The molecule has 0 aromatic heterocycles. The van der Waals surface area contributed by atoms with E-state index < -0.39 is 0 Å². The van der Waals surface area contributed by atoms with Gasteiger partial charge in [-0.2, -0.15) is 0 Å². The van der Waals surface area contributed by atoms with Gasteiger partial charge in [-0.1, -0.05) is 56.2 Å². The Hall–Kier alpha value is -2.31. The Morgan fingerprint density at radius 2 is 0.681 bits per heavy atom. The molecule has 0 saturated carbocycles. The van der Waals surface area contributed by atoms with Crippen LogP contribution in [0.5, 0.6) is 17.2 Å². The number of halogens is 3. The van der Waals surface area contributed by atoms with Gasteiger partial charge in [-0.3, -0.25) is 0 Å². The fourth-order valence-electron chi connectivity index (χ4n) is 5.76. The molecule has 0 saturated heterocycles. The van der Waals surface area contributed by atoms with Crippen molar-refractivity contribution >= 4 is 67.8 Å². The van der Waals surface area contributed by atoms with E-state index in [4.69, 9.17) is 14.2 Å². The molecule has 47 heavy (non-hydrogen) atoms. The molecule has 5 aromatic rings. The van der Waals surface area contributed by atoms with Gasteiger partial charge in [-0.25, -0.2) is 0 Å². The van der Waals surface area contributed by atoms with Gasteiger partial charge in [0.1, 0.15) is 37.1 Å². The molecule has 246 valence electrons. The van der Waals surface area contributed by atoms with E-state index in [2.05, 4.69) is 163 Å². The summed E-state index contributed by atoms with van der Waals surface area (Å²) in [4.78, 5) is 0. The quantitative estimate of drug-likeness (QED) is 0.117. The van der Waals surface area contributed by atoms with E-state index in [9.17, 15) is 0 Å². The van der Waals surface area contributed by atoms with Crippen LogP contribution in [0, 0.1) is 24.6 Å². The maximum Gasteiger partial charge on any atom is 0.119 e. The Labute approximate surface area is 322 Å². The van der Waals surface area contributed by atoms with Crippen molar-refractivity contribution in [2.75, 3.05) is 0 Å². The molecule has 0 bridgehead atoms. The monoisotopic (exact) mass is 964 g/mol. The first-order valence-corrected chi connectivity index (χ1v) is 19.3. The van der Waals surface area contributed by atoms with Crippen molar-refractivity contribution < 1.29 is 14.2 Å². The summed E-state index contributed by atoms with van der Waals surface area (Å²) < 4.78 is 22.7. The number of benzene rings is 5. The van der Waals surface area contributed by atoms with Crippen LogP contribution in [0.1, 0.15) is 65.3 Å². The van der Waals surface area contributed by atoms with E-state index in [1.165, 1.54) is 55.2 Å². The first kappa shape index (κ1) is 37.5. The van der Waals surface area contributed by atoms with Gasteiger partial charge < -0.3 is 14.2 Å². The molecule has 0 aliphatic carbocycles. The summed E-state index contributed by atoms with van der Waals surface area (Å²) in [5.74, 6) is 2.65. The summed E-state index contributed by atoms with van der Waals surface area (Å²) in [5, 5.41) is 0. The Morgan fingerprint density at radius 1 is 0.404 bits per heavy atom. The van der Waals surface area contributed by atoms with Gasteiger partial charge in [-0.15, -0.1) is 0 Å². The van der Waals surface area contributed by atoms with E-state index in [0.29, 0.717) is 19.8 Å². The lowest BCUT2D eigenvalue weighted by molar-refractivity contribution is 0.288. The van der Waals surface area contributed by atoms with E-state index in [1.807, 2.05) is 36.4 Å². The Balaban J connectivity index is 0.000000546. The van der Waals surface area contributed by atoms with Crippen LogP contribution in [0.15, 0.2) is 97.1 Å². The van der Waals surface area contributed by atoms with Gasteiger partial charge in [0.2, 0.25) is 0 Å². The van der Waals surface area contributed by atoms with Crippen molar-refractivity contribution in [2.45, 2.75) is 73.7 Å². The molecular formula is C41H43I3O3. The van der Waals surface area contributed by atoms with Crippen LogP contribution in [0.2, 0.25) is 0 Å². The minimum atomic E-state index is 0.518. The Morgan fingerprint density at radius 3 is 0.894 bits per heavy atom. The summed E-state index contributed by atoms with van der Waals surface area (Å²) >= 11 is 6.97. The highest BCUT2D eigenvalue weighted by molar-refractivity contribution is 14.1. The second kappa shape index (κ2) is 19.0. The highest BCUT2D eigenvalue weighted by Crippen LogP contribution is 2.33. The normalized spacial score (nSPS) is 10.6. The van der Waals surface area contributed by atoms with Crippen molar-refractivity contribution in [3.8, 4) is 17.2 Å². The zero-order valence-electron chi connectivity index (χ0n) is 27.8. The van der Waals surface area contributed by atoms with Gasteiger partial charge in [0, 0.05) is 10.7 Å². The van der Waals surface area contributed by atoms with Crippen molar-refractivity contribution in [3.63, 3.8) is 0 Å². The van der Waals surface area contributed by atoms with Crippen LogP contribution < -0.4 is 14.2 Å². The second-order valence-corrected chi connectivity index (χ2v) is 15.1. The summed E-state index contributed by atoms with van der Waals surface area (Å²) in [5.41, 5.74) is 10.5. The van der Waals surface area contributed by atoms with Crippen LogP contribution in [0.3, 0.4) is 0 Å². The lowest BCUT2D eigenvalue weighted by atomic mass is 9.84. The fourth-order valence-corrected chi connectivity index (χ4v) is 6.84. The molecule has 0 fully saturated rings.